The van der Waals surface area contributed by atoms with E-state index in [2.05, 4.69) is 36.7 Å². The Morgan fingerprint density at radius 3 is 2.57 bits per heavy atom. The SMILES string of the molecule is CC(C)(C)[Si]OC(C)(C)[C@H]1CN(c2ccc(Br)c(F)c2)C(=O)O1. The van der Waals surface area contributed by atoms with Gasteiger partial charge in [-0.2, -0.15) is 0 Å². The predicted octanol–water partition coefficient (Wildman–Crippen LogP) is 4.55. The summed E-state index contributed by atoms with van der Waals surface area (Å²) in [5, 5.41) is 0.0500. The number of rotatable bonds is 4. The zero-order valence-electron chi connectivity index (χ0n) is 13.9. The van der Waals surface area contributed by atoms with Crippen molar-refractivity contribution in [3.8, 4) is 0 Å². The van der Waals surface area contributed by atoms with E-state index in [9.17, 15) is 9.18 Å². The molecule has 1 aliphatic rings. The van der Waals surface area contributed by atoms with E-state index >= 15 is 0 Å². The highest BCUT2D eigenvalue weighted by Crippen LogP contribution is 2.32. The van der Waals surface area contributed by atoms with Crippen molar-refractivity contribution >= 4 is 37.5 Å². The van der Waals surface area contributed by atoms with Gasteiger partial charge in [0.25, 0.3) is 0 Å². The monoisotopic (exact) mass is 401 g/mol. The molecule has 1 aliphatic heterocycles. The number of cyclic esters (lactones) is 1. The third-order valence-electron chi connectivity index (χ3n) is 3.42. The third-order valence-corrected chi connectivity index (χ3v) is 5.31. The van der Waals surface area contributed by atoms with Gasteiger partial charge in [0.1, 0.15) is 11.9 Å². The van der Waals surface area contributed by atoms with Crippen molar-refractivity contribution in [3.63, 3.8) is 0 Å². The number of anilines is 1. The van der Waals surface area contributed by atoms with E-state index in [0.29, 0.717) is 26.5 Å². The van der Waals surface area contributed by atoms with Gasteiger partial charge in [-0.3, -0.25) is 4.90 Å². The summed E-state index contributed by atoms with van der Waals surface area (Å²) in [4.78, 5) is 13.6. The van der Waals surface area contributed by atoms with Crippen LogP contribution in [-0.2, 0) is 9.16 Å². The van der Waals surface area contributed by atoms with Crippen LogP contribution in [0.3, 0.4) is 0 Å². The molecule has 126 valence electrons. The van der Waals surface area contributed by atoms with E-state index < -0.39 is 23.6 Å². The molecule has 0 unspecified atom stereocenters. The average Bonchev–Trinajstić information content (AvgIpc) is 2.82. The second-order valence-electron chi connectivity index (χ2n) is 7.14. The maximum absolute atomic E-state index is 13.7. The number of hydrogen-bond acceptors (Lipinski definition) is 3. The fourth-order valence-corrected chi connectivity index (χ4v) is 2.99. The number of hydrogen-bond donors (Lipinski definition) is 0. The number of amides is 1. The summed E-state index contributed by atoms with van der Waals surface area (Å²) in [6.07, 6.45) is -0.885. The lowest BCUT2D eigenvalue weighted by Gasteiger charge is -2.32. The molecule has 2 radical (unpaired) electrons. The normalized spacial score (nSPS) is 19.2. The second-order valence-corrected chi connectivity index (χ2v) is 9.90. The second kappa shape index (κ2) is 6.53. The van der Waals surface area contributed by atoms with E-state index in [1.165, 1.54) is 11.0 Å². The molecule has 0 aromatic heterocycles. The number of carbonyl (C=O) groups is 1. The summed E-state index contributed by atoms with van der Waals surface area (Å²) in [6, 6.07) is 4.58. The van der Waals surface area contributed by atoms with Gasteiger partial charge in [0, 0.05) is 0 Å². The molecule has 1 heterocycles. The van der Waals surface area contributed by atoms with Crippen LogP contribution >= 0.6 is 15.9 Å². The van der Waals surface area contributed by atoms with Crippen molar-refractivity contribution in [1.29, 1.82) is 0 Å². The highest BCUT2D eigenvalue weighted by Gasteiger charge is 2.43. The maximum atomic E-state index is 13.7. The molecule has 4 nitrogen and oxygen atoms in total. The summed E-state index contributed by atoms with van der Waals surface area (Å²) in [5.41, 5.74) is -0.128. The van der Waals surface area contributed by atoms with Crippen LogP contribution in [-0.4, -0.2) is 34.1 Å². The molecular formula is C16H21BrFNO3Si. The minimum Gasteiger partial charge on any atom is -0.441 e. The van der Waals surface area contributed by atoms with E-state index in [4.69, 9.17) is 9.16 Å². The van der Waals surface area contributed by atoms with E-state index in [-0.39, 0.29) is 5.04 Å². The molecule has 2 rings (SSSR count). The van der Waals surface area contributed by atoms with Crippen molar-refractivity contribution in [2.45, 2.75) is 51.4 Å². The van der Waals surface area contributed by atoms with Crippen LogP contribution in [0.1, 0.15) is 34.6 Å². The molecule has 0 saturated carbocycles. The molecule has 1 fully saturated rings. The first-order valence-corrected chi connectivity index (χ1v) is 9.08. The smallest absolute Gasteiger partial charge is 0.414 e. The van der Waals surface area contributed by atoms with Gasteiger partial charge in [-0.25, -0.2) is 9.18 Å². The molecule has 0 aliphatic carbocycles. The Morgan fingerprint density at radius 1 is 1.35 bits per heavy atom. The predicted molar refractivity (Wildman–Crippen MR) is 92.3 cm³/mol. The summed E-state index contributed by atoms with van der Waals surface area (Å²) in [5.74, 6) is -0.413. The largest absolute Gasteiger partial charge is 0.441 e. The van der Waals surface area contributed by atoms with E-state index in [1.54, 1.807) is 12.1 Å². The molecule has 0 bridgehead atoms. The van der Waals surface area contributed by atoms with Gasteiger partial charge in [-0.15, -0.1) is 0 Å². The Labute approximate surface area is 147 Å². The molecule has 0 N–H and O–H groups in total. The highest BCUT2D eigenvalue weighted by atomic mass is 79.9. The van der Waals surface area contributed by atoms with Gasteiger partial charge in [0.05, 0.1) is 22.3 Å². The summed E-state index contributed by atoms with van der Waals surface area (Å²) in [7, 11) is 0.291. The van der Waals surface area contributed by atoms with Gasteiger partial charge in [-0.1, -0.05) is 20.8 Å². The van der Waals surface area contributed by atoms with Gasteiger partial charge in [-0.05, 0) is 53.0 Å². The Bertz CT molecular complexity index is 603. The molecule has 1 aromatic carbocycles. The lowest BCUT2D eigenvalue weighted by atomic mass is 10.0. The Hall–Kier alpha value is -0.923. The number of halogens is 2. The van der Waals surface area contributed by atoms with Crippen LogP contribution in [0.2, 0.25) is 5.04 Å². The van der Waals surface area contributed by atoms with Gasteiger partial charge in [0.2, 0.25) is 9.76 Å². The van der Waals surface area contributed by atoms with Crippen LogP contribution in [0, 0.1) is 5.82 Å². The number of ether oxygens (including phenoxy) is 1. The van der Waals surface area contributed by atoms with Crippen LogP contribution in [0.15, 0.2) is 22.7 Å². The van der Waals surface area contributed by atoms with Gasteiger partial charge < -0.3 is 9.16 Å². The molecule has 0 spiro atoms. The van der Waals surface area contributed by atoms with Crippen LogP contribution < -0.4 is 4.90 Å². The quantitative estimate of drug-likeness (QED) is 0.694. The molecule has 23 heavy (non-hydrogen) atoms. The van der Waals surface area contributed by atoms with Crippen molar-refractivity contribution in [2.24, 2.45) is 0 Å². The van der Waals surface area contributed by atoms with Gasteiger partial charge >= 0.3 is 6.09 Å². The minimum absolute atomic E-state index is 0.0500. The fourth-order valence-electron chi connectivity index (χ4n) is 2.04. The molecular weight excluding hydrogens is 381 g/mol. The summed E-state index contributed by atoms with van der Waals surface area (Å²) < 4.78 is 25.5. The number of nitrogens with zero attached hydrogens (tertiary/aromatic N) is 1. The van der Waals surface area contributed by atoms with Crippen molar-refractivity contribution in [1.82, 2.24) is 0 Å². The van der Waals surface area contributed by atoms with Crippen LogP contribution in [0.4, 0.5) is 14.9 Å². The van der Waals surface area contributed by atoms with Crippen LogP contribution in [0.5, 0.6) is 0 Å². The lowest BCUT2D eigenvalue weighted by Crippen LogP contribution is -2.43. The lowest BCUT2D eigenvalue weighted by molar-refractivity contribution is -0.0133. The minimum atomic E-state index is -0.607. The number of benzene rings is 1. The first kappa shape index (κ1) is 18.4. The van der Waals surface area contributed by atoms with Gasteiger partial charge in [0.15, 0.2) is 0 Å². The standard InChI is InChI=1S/C16H21BrFNO3Si/c1-15(2,3)23-22-16(4,5)13-9-19(14(20)21-13)10-6-7-11(17)12(18)8-10/h6-8,13H,9H2,1-5H3/t13-/m1/s1. The zero-order valence-corrected chi connectivity index (χ0v) is 16.5. The topological polar surface area (TPSA) is 38.8 Å². The molecule has 1 amide bonds. The first-order chi connectivity index (χ1) is 10.5. The highest BCUT2D eigenvalue weighted by molar-refractivity contribution is 9.10. The zero-order chi connectivity index (χ0) is 17.4. The fraction of sp³-hybridized carbons (Fsp3) is 0.562. The Balaban J connectivity index is 2.11. The molecule has 1 aromatic rings. The van der Waals surface area contributed by atoms with E-state index in [1.807, 2.05) is 13.8 Å². The molecule has 7 heteroatoms. The van der Waals surface area contributed by atoms with Crippen molar-refractivity contribution < 1.29 is 18.3 Å². The Kier molecular flexibility index (Phi) is 5.23. The summed E-state index contributed by atoms with van der Waals surface area (Å²) in [6.45, 7) is 10.4. The number of carbonyl (C=O) groups excluding carboxylic acids is 1. The van der Waals surface area contributed by atoms with Crippen LogP contribution in [0.25, 0.3) is 0 Å². The average molecular weight is 402 g/mol. The summed E-state index contributed by atoms with van der Waals surface area (Å²) >= 11 is 3.11. The third kappa shape index (κ3) is 4.55. The van der Waals surface area contributed by atoms with E-state index in [0.717, 1.165) is 0 Å². The van der Waals surface area contributed by atoms with Crippen molar-refractivity contribution in [2.75, 3.05) is 11.4 Å². The Morgan fingerprint density at radius 2 is 2.00 bits per heavy atom. The maximum Gasteiger partial charge on any atom is 0.414 e. The first-order valence-electron chi connectivity index (χ1n) is 7.38. The van der Waals surface area contributed by atoms with Crippen molar-refractivity contribution in [3.05, 3.63) is 28.5 Å². The molecule has 1 atom stereocenters. The molecule has 1 saturated heterocycles.